The molecule has 0 aliphatic heterocycles. The van der Waals surface area contributed by atoms with Gasteiger partial charge in [-0.3, -0.25) is 0 Å². The van der Waals surface area contributed by atoms with Crippen LogP contribution in [0.25, 0.3) is 0 Å². The van der Waals surface area contributed by atoms with E-state index in [4.69, 9.17) is 11.6 Å². The second-order valence-electron chi connectivity index (χ2n) is 3.84. The highest BCUT2D eigenvalue weighted by atomic mass is 35.5. The molecule has 15 heavy (non-hydrogen) atoms. The first kappa shape index (κ1) is 13.0. The summed E-state index contributed by atoms with van der Waals surface area (Å²) in [5.41, 5.74) is 0. The van der Waals surface area contributed by atoms with Gasteiger partial charge in [-0.05, 0) is 36.8 Å². The van der Waals surface area contributed by atoms with Crippen LogP contribution < -0.4 is 5.32 Å². The molecule has 0 amide bonds. The molecule has 1 nitrogen and oxygen atoms in total. The fourth-order valence-electron chi connectivity index (χ4n) is 1.72. The van der Waals surface area contributed by atoms with Gasteiger partial charge in [0, 0.05) is 17.3 Å². The lowest BCUT2D eigenvalue weighted by molar-refractivity contribution is 0.431. The van der Waals surface area contributed by atoms with Gasteiger partial charge >= 0.3 is 0 Å². The molecule has 0 aliphatic rings. The summed E-state index contributed by atoms with van der Waals surface area (Å²) < 4.78 is 0. The molecule has 0 spiro atoms. The molecule has 0 aromatic carbocycles. The molecule has 3 heteroatoms. The van der Waals surface area contributed by atoms with Crippen LogP contribution in [-0.4, -0.2) is 12.4 Å². The van der Waals surface area contributed by atoms with Gasteiger partial charge in [0.25, 0.3) is 0 Å². The third kappa shape index (κ3) is 5.55. The van der Waals surface area contributed by atoms with E-state index < -0.39 is 0 Å². The zero-order valence-electron chi connectivity index (χ0n) is 9.34. The Hall–Kier alpha value is -0.0500. The lowest BCUT2D eigenvalue weighted by Gasteiger charge is -2.15. The number of alkyl halides is 1. The minimum atomic E-state index is 0.743. The molecular weight excluding hydrogens is 226 g/mol. The Bertz CT molecular complexity index is 230. The Morgan fingerprint density at radius 3 is 2.93 bits per heavy atom. The molecule has 0 aliphatic carbocycles. The Morgan fingerprint density at radius 1 is 1.47 bits per heavy atom. The quantitative estimate of drug-likeness (QED) is 0.686. The summed E-state index contributed by atoms with van der Waals surface area (Å²) >= 11 is 7.60. The maximum atomic E-state index is 5.78. The van der Waals surface area contributed by atoms with Gasteiger partial charge in [-0.25, -0.2) is 0 Å². The van der Waals surface area contributed by atoms with Crippen molar-refractivity contribution in [3.8, 4) is 0 Å². The normalized spacial score (nSPS) is 12.9. The van der Waals surface area contributed by atoms with Crippen molar-refractivity contribution >= 4 is 22.9 Å². The fraction of sp³-hybridized carbons (Fsp3) is 0.667. The van der Waals surface area contributed by atoms with Crippen LogP contribution in [0.1, 0.15) is 31.1 Å². The van der Waals surface area contributed by atoms with Crippen molar-refractivity contribution < 1.29 is 0 Å². The lowest BCUT2D eigenvalue weighted by atomic mass is 10.0. The minimum Gasteiger partial charge on any atom is -0.312 e. The van der Waals surface area contributed by atoms with E-state index >= 15 is 0 Å². The van der Waals surface area contributed by atoms with Crippen LogP contribution in [0.4, 0.5) is 0 Å². The average molecular weight is 246 g/mol. The summed E-state index contributed by atoms with van der Waals surface area (Å²) in [7, 11) is 0. The van der Waals surface area contributed by atoms with Crippen molar-refractivity contribution in [1.29, 1.82) is 0 Å². The molecule has 1 atom stereocenters. The summed E-state index contributed by atoms with van der Waals surface area (Å²) in [6, 6.07) is 4.28. The predicted octanol–water partition coefficient (Wildman–Crippen LogP) is 3.88. The Kier molecular flexibility index (Phi) is 7.07. The van der Waals surface area contributed by atoms with Crippen molar-refractivity contribution in [2.45, 2.75) is 32.7 Å². The Morgan fingerprint density at radius 2 is 2.33 bits per heavy atom. The van der Waals surface area contributed by atoms with E-state index in [1.165, 1.54) is 17.7 Å². The second-order valence-corrected chi connectivity index (χ2v) is 5.25. The van der Waals surface area contributed by atoms with Gasteiger partial charge in [0.15, 0.2) is 0 Å². The van der Waals surface area contributed by atoms with Crippen LogP contribution >= 0.6 is 22.9 Å². The maximum Gasteiger partial charge on any atom is 0.0299 e. The van der Waals surface area contributed by atoms with Gasteiger partial charge in [-0.2, -0.15) is 0 Å². The smallest absolute Gasteiger partial charge is 0.0299 e. The maximum absolute atomic E-state index is 5.78. The van der Waals surface area contributed by atoms with Gasteiger partial charge in [0.1, 0.15) is 0 Å². The van der Waals surface area contributed by atoms with Crippen molar-refractivity contribution in [3.05, 3.63) is 22.4 Å². The largest absolute Gasteiger partial charge is 0.312 e. The zero-order chi connectivity index (χ0) is 10.9. The van der Waals surface area contributed by atoms with Crippen LogP contribution in [0.15, 0.2) is 17.5 Å². The van der Waals surface area contributed by atoms with E-state index in [0.717, 1.165) is 31.3 Å². The highest BCUT2D eigenvalue weighted by Crippen LogP contribution is 2.12. The summed E-state index contributed by atoms with van der Waals surface area (Å²) in [5, 5.41) is 5.63. The van der Waals surface area contributed by atoms with Gasteiger partial charge < -0.3 is 5.32 Å². The lowest BCUT2D eigenvalue weighted by Crippen LogP contribution is -2.22. The van der Waals surface area contributed by atoms with E-state index in [1.807, 2.05) is 11.3 Å². The van der Waals surface area contributed by atoms with Crippen LogP contribution in [0.3, 0.4) is 0 Å². The molecule has 0 saturated carbocycles. The van der Waals surface area contributed by atoms with Gasteiger partial charge in [-0.15, -0.1) is 22.9 Å². The van der Waals surface area contributed by atoms with Crippen molar-refractivity contribution in [2.75, 3.05) is 12.4 Å². The van der Waals surface area contributed by atoms with Crippen LogP contribution in [0.2, 0.25) is 0 Å². The van der Waals surface area contributed by atoms with Gasteiger partial charge in [-0.1, -0.05) is 19.4 Å². The van der Waals surface area contributed by atoms with E-state index in [2.05, 4.69) is 29.8 Å². The van der Waals surface area contributed by atoms with Crippen LogP contribution in [-0.2, 0) is 6.54 Å². The number of hydrogen-bond acceptors (Lipinski definition) is 2. The van der Waals surface area contributed by atoms with Crippen molar-refractivity contribution in [1.82, 2.24) is 5.32 Å². The molecule has 1 unspecified atom stereocenters. The first-order valence-corrected chi connectivity index (χ1v) is 7.07. The average Bonchev–Trinajstić information content (AvgIpc) is 2.71. The van der Waals surface area contributed by atoms with E-state index in [-0.39, 0.29) is 0 Å². The summed E-state index contributed by atoms with van der Waals surface area (Å²) in [5.74, 6) is 1.53. The molecule has 0 saturated heterocycles. The topological polar surface area (TPSA) is 12.0 Å². The number of thiophene rings is 1. The van der Waals surface area contributed by atoms with Crippen LogP contribution in [0, 0.1) is 5.92 Å². The summed E-state index contributed by atoms with van der Waals surface area (Å²) in [4.78, 5) is 1.41. The van der Waals surface area contributed by atoms with E-state index in [1.54, 1.807) is 0 Å². The molecule has 0 radical (unpaired) electrons. The number of halogens is 1. The highest BCUT2D eigenvalue weighted by molar-refractivity contribution is 7.09. The molecule has 1 heterocycles. The first-order chi connectivity index (χ1) is 7.36. The third-order valence-electron chi connectivity index (χ3n) is 2.53. The predicted molar refractivity (Wildman–Crippen MR) is 69.8 cm³/mol. The van der Waals surface area contributed by atoms with Crippen molar-refractivity contribution in [2.24, 2.45) is 5.92 Å². The second kappa shape index (κ2) is 8.14. The molecule has 0 fully saturated rings. The van der Waals surface area contributed by atoms with Crippen molar-refractivity contribution in [3.63, 3.8) is 0 Å². The monoisotopic (exact) mass is 245 g/mol. The Balaban J connectivity index is 2.15. The number of rotatable bonds is 8. The van der Waals surface area contributed by atoms with Gasteiger partial charge in [0.2, 0.25) is 0 Å². The molecule has 1 aromatic rings. The summed E-state index contributed by atoms with van der Waals surface area (Å²) in [6.45, 7) is 4.33. The minimum absolute atomic E-state index is 0.743. The molecular formula is C12H20ClNS. The standard InChI is InChI=1S/C12H20ClNS/c1-2-4-11(6-7-13)9-14-10-12-5-3-8-15-12/h3,5,8,11,14H,2,4,6-7,9-10H2,1H3. The molecule has 1 N–H and O–H groups in total. The summed E-state index contributed by atoms with van der Waals surface area (Å²) in [6.07, 6.45) is 3.67. The highest BCUT2D eigenvalue weighted by Gasteiger charge is 2.06. The number of hydrogen-bond donors (Lipinski definition) is 1. The van der Waals surface area contributed by atoms with E-state index in [9.17, 15) is 0 Å². The molecule has 86 valence electrons. The SMILES string of the molecule is CCCC(CCCl)CNCc1cccs1. The first-order valence-electron chi connectivity index (χ1n) is 5.65. The third-order valence-corrected chi connectivity index (χ3v) is 3.62. The van der Waals surface area contributed by atoms with E-state index in [0.29, 0.717) is 0 Å². The molecule has 1 rings (SSSR count). The Labute approximate surface area is 102 Å². The zero-order valence-corrected chi connectivity index (χ0v) is 10.9. The number of nitrogens with one attached hydrogen (secondary N) is 1. The van der Waals surface area contributed by atoms with Gasteiger partial charge in [0.05, 0.1) is 0 Å². The fourth-order valence-corrected chi connectivity index (χ4v) is 2.71. The molecule has 1 aromatic heterocycles. The molecule has 0 bridgehead atoms. The van der Waals surface area contributed by atoms with Crippen LogP contribution in [0.5, 0.6) is 0 Å².